The molecule has 1 aromatic heterocycles. The van der Waals surface area contributed by atoms with E-state index in [0.29, 0.717) is 16.4 Å². The van der Waals surface area contributed by atoms with E-state index < -0.39 is 0 Å². The summed E-state index contributed by atoms with van der Waals surface area (Å²) in [6.45, 7) is 3.76. The lowest BCUT2D eigenvalue weighted by Crippen LogP contribution is -2.13. The number of thiazole rings is 1. The molecule has 17 heavy (non-hydrogen) atoms. The number of hydrogen-bond acceptors (Lipinski definition) is 3. The first-order valence-corrected chi connectivity index (χ1v) is 6.27. The van der Waals surface area contributed by atoms with Crippen molar-refractivity contribution < 1.29 is 4.79 Å². The normalized spacial score (nSPS) is 10.3. The molecule has 0 aliphatic heterocycles. The Kier molecular flexibility index (Phi) is 3.45. The Morgan fingerprint density at radius 3 is 2.65 bits per heavy atom. The fraction of sp³-hybridized carbons (Fsp3) is 0.167. The van der Waals surface area contributed by atoms with Crippen LogP contribution in [0.1, 0.15) is 20.4 Å². The molecule has 1 heterocycles. The first kappa shape index (κ1) is 12.1. The summed E-state index contributed by atoms with van der Waals surface area (Å²) >= 11 is 7.48. The summed E-state index contributed by atoms with van der Waals surface area (Å²) < 4.78 is 0. The number of benzene rings is 1. The van der Waals surface area contributed by atoms with E-state index in [2.05, 4.69) is 10.3 Å². The summed E-state index contributed by atoms with van der Waals surface area (Å²) in [6, 6.07) is 7.13. The van der Waals surface area contributed by atoms with E-state index in [9.17, 15) is 4.79 Å². The Bertz CT molecular complexity index is 565. The highest BCUT2D eigenvalue weighted by molar-refractivity contribution is 7.11. The van der Waals surface area contributed by atoms with Gasteiger partial charge in [-0.05, 0) is 26.0 Å². The predicted molar refractivity (Wildman–Crippen MR) is 71.0 cm³/mol. The van der Waals surface area contributed by atoms with Crippen LogP contribution in [0.25, 0.3) is 0 Å². The fourth-order valence-corrected chi connectivity index (χ4v) is 2.48. The molecule has 5 heteroatoms. The number of carbonyl (C=O) groups is 1. The zero-order valence-corrected chi connectivity index (χ0v) is 11.0. The predicted octanol–water partition coefficient (Wildman–Crippen LogP) is 3.67. The van der Waals surface area contributed by atoms with Gasteiger partial charge < -0.3 is 5.32 Å². The number of aryl methyl sites for hydroxylation is 2. The summed E-state index contributed by atoms with van der Waals surface area (Å²) in [5.74, 6) is -0.222. The molecular formula is C12H11ClN2OS. The number of hydrogen-bond donors (Lipinski definition) is 1. The average Bonchev–Trinajstić information content (AvgIpc) is 2.61. The van der Waals surface area contributed by atoms with E-state index >= 15 is 0 Å². The maximum atomic E-state index is 12.0. The Hall–Kier alpha value is -1.39. The van der Waals surface area contributed by atoms with Gasteiger partial charge in [-0.3, -0.25) is 4.79 Å². The van der Waals surface area contributed by atoms with Crippen molar-refractivity contribution in [3.8, 4) is 0 Å². The minimum absolute atomic E-state index is 0.222. The van der Waals surface area contributed by atoms with Gasteiger partial charge in [-0.15, -0.1) is 11.3 Å². The van der Waals surface area contributed by atoms with Crippen molar-refractivity contribution in [3.05, 3.63) is 44.9 Å². The molecule has 0 saturated carbocycles. The molecule has 2 rings (SSSR count). The van der Waals surface area contributed by atoms with Gasteiger partial charge in [0.15, 0.2) is 0 Å². The van der Waals surface area contributed by atoms with Crippen LogP contribution in [0.5, 0.6) is 0 Å². The third-order valence-corrected chi connectivity index (χ3v) is 3.46. The molecule has 0 aliphatic rings. The molecule has 0 saturated heterocycles. The zero-order chi connectivity index (χ0) is 12.4. The lowest BCUT2D eigenvalue weighted by molar-refractivity contribution is 0.102. The van der Waals surface area contributed by atoms with E-state index in [1.54, 1.807) is 12.1 Å². The topological polar surface area (TPSA) is 42.0 Å². The number of halogens is 1. The van der Waals surface area contributed by atoms with E-state index in [4.69, 9.17) is 11.6 Å². The van der Waals surface area contributed by atoms with Gasteiger partial charge in [0.05, 0.1) is 15.7 Å². The standard InChI is InChI=1S/C12H11ClN2OS/c1-7-11(14-8(2)17-7)12(16)15-10-6-4-3-5-9(10)13/h3-6H,1-2H3,(H,15,16). The molecule has 0 fully saturated rings. The summed E-state index contributed by atoms with van der Waals surface area (Å²) in [7, 11) is 0. The van der Waals surface area contributed by atoms with E-state index in [1.807, 2.05) is 26.0 Å². The van der Waals surface area contributed by atoms with Crippen molar-refractivity contribution in [1.29, 1.82) is 0 Å². The molecular weight excluding hydrogens is 256 g/mol. The highest BCUT2D eigenvalue weighted by Crippen LogP contribution is 2.22. The second-order valence-corrected chi connectivity index (χ2v) is 5.39. The lowest BCUT2D eigenvalue weighted by Gasteiger charge is -2.05. The number of nitrogens with one attached hydrogen (secondary N) is 1. The number of amides is 1. The molecule has 1 amide bonds. The molecule has 0 spiro atoms. The van der Waals surface area contributed by atoms with Crippen LogP contribution >= 0.6 is 22.9 Å². The van der Waals surface area contributed by atoms with Crippen molar-refractivity contribution in [2.45, 2.75) is 13.8 Å². The van der Waals surface area contributed by atoms with Crippen LogP contribution in [0.15, 0.2) is 24.3 Å². The Morgan fingerprint density at radius 2 is 2.06 bits per heavy atom. The first-order valence-electron chi connectivity index (χ1n) is 5.08. The fourth-order valence-electron chi connectivity index (χ4n) is 1.48. The van der Waals surface area contributed by atoms with Crippen LogP contribution < -0.4 is 5.32 Å². The number of rotatable bonds is 2. The van der Waals surface area contributed by atoms with Gasteiger partial charge >= 0.3 is 0 Å². The molecule has 0 bridgehead atoms. The van der Waals surface area contributed by atoms with Gasteiger partial charge in [-0.2, -0.15) is 0 Å². The maximum Gasteiger partial charge on any atom is 0.275 e. The van der Waals surface area contributed by atoms with Crippen molar-refractivity contribution in [2.75, 3.05) is 5.32 Å². The van der Waals surface area contributed by atoms with Gasteiger partial charge in [-0.25, -0.2) is 4.98 Å². The number of anilines is 1. The largest absolute Gasteiger partial charge is 0.319 e. The number of nitrogens with zero attached hydrogens (tertiary/aromatic N) is 1. The van der Waals surface area contributed by atoms with Crippen LogP contribution in [-0.2, 0) is 0 Å². The quantitative estimate of drug-likeness (QED) is 0.901. The molecule has 0 atom stereocenters. The van der Waals surface area contributed by atoms with Crippen LogP contribution in [0, 0.1) is 13.8 Å². The van der Waals surface area contributed by atoms with Gasteiger partial charge in [0.2, 0.25) is 0 Å². The summed E-state index contributed by atoms with van der Waals surface area (Å²) in [4.78, 5) is 17.1. The van der Waals surface area contributed by atoms with Crippen molar-refractivity contribution >= 4 is 34.5 Å². The van der Waals surface area contributed by atoms with Crippen LogP contribution in [0.3, 0.4) is 0 Å². The van der Waals surface area contributed by atoms with Gasteiger partial charge in [0.1, 0.15) is 5.69 Å². The summed E-state index contributed by atoms with van der Waals surface area (Å²) in [5, 5.41) is 4.15. The molecule has 2 aromatic rings. The molecule has 3 nitrogen and oxygen atoms in total. The van der Waals surface area contributed by atoms with E-state index in [-0.39, 0.29) is 5.91 Å². The molecule has 1 N–H and O–H groups in total. The Labute approximate surface area is 108 Å². The molecule has 0 radical (unpaired) electrons. The lowest BCUT2D eigenvalue weighted by atomic mass is 10.3. The smallest absolute Gasteiger partial charge is 0.275 e. The van der Waals surface area contributed by atoms with Crippen LogP contribution in [0.2, 0.25) is 5.02 Å². The van der Waals surface area contributed by atoms with E-state index in [1.165, 1.54) is 11.3 Å². The first-order chi connectivity index (χ1) is 8.08. The third kappa shape index (κ3) is 2.65. The van der Waals surface area contributed by atoms with Gasteiger partial charge in [-0.1, -0.05) is 23.7 Å². The van der Waals surface area contributed by atoms with Crippen LogP contribution in [-0.4, -0.2) is 10.9 Å². The molecule has 1 aromatic carbocycles. The Balaban J connectivity index is 2.23. The second kappa shape index (κ2) is 4.85. The zero-order valence-electron chi connectivity index (χ0n) is 9.45. The highest BCUT2D eigenvalue weighted by atomic mass is 35.5. The van der Waals surface area contributed by atoms with Crippen molar-refractivity contribution in [2.24, 2.45) is 0 Å². The number of para-hydroxylation sites is 1. The monoisotopic (exact) mass is 266 g/mol. The van der Waals surface area contributed by atoms with Gasteiger partial charge in [0.25, 0.3) is 5.91 Å². The number of carbonyl (C=O) groups excluding carboxylic acids is 1. The highest BCUT2D eigenvalue weighted by Gasteiger charge is 2.14. The summed E-state index contributed by atoms with van der Waals surface area (Å²) in [5.41, 5.74) is 1.07. The van der Waals surface area contributed by atoms with Crippen molar-refractivity contribution in [1.82, 2.24) is 4.98 Å². The third-order valence-electron chi connectivity index (χ3n) is 2.24. The number of aromatic nitrogens is 1. The maximum absolute atomic E-state index is 12.0. The minimum Gasteiger partial charge on any atom is -0.319 e. The van der Waals surface area contributed by atoms with E-state index in [0.717, 1.165) is 9.88 Å². The summed E-state index contributed by atoms with van der Waals surface area (Å²) in [6.07, 6.45) is 0. The average molecular weight is 267 g/mol. The van der Waals surface area contributed by atoms with Gasteiger partial charge in [0, 0.05) is 4.88 Å². The molecule has 0 unspecified atom stereocenters. The SMILES string of the molecule is Cc1nc(C(=O)Nc2ccccc2Cl)c(C)s1. The van der Waals surface area contributed by atoms with Crippen molar-refractivity contribution in [3.63, 3.8) is 0 Å². The molecule has 88 valence electrons. The Morgan fingerprint density at radius 1 is 1.35 bits per heavy atom. The van der Waals surface area contributed by atoms with Crippen LogP contribution in [0.4, 0.5) is 5.69 Å². The molecule has 0 aliphatic carbocycles. The minimum atomic E-state index is -0.222. The second-order valence-electron chi connectivity index (χ2n) is 3.57.